The van der Waals surface area contributed by atoms with Gasteiger partial charge in [-0.2, -0.15) is 0 Å². The first-order valence-electron chi connectivity index (χ1n) is 10.9. The zero-order chi connectivity index (χ0) is 21.5. The molecule has 6 nitrogen and oxygen atoms in total. The van der Waals surface area contributed by atoms with E-state index in [0.29, 0.717) is 13.2 Å². The first kappa shape index (κ1) is 26.9. The summed E-state index contributed by atoms with van der Waals surface area (Å²) < 4.78 is 11.9. The van der Waals surface area contributed by atoms with Crippen molar-refractivity contribution >= 4 is 11.9 Å². The molecule has 0 N–H and O–H groups in total. The second kappa shape index (κ2) is 14.8. The third-order valence-corrected chi connectivity index (χ3v) is 5.28. The van der Waals surface area contributed by atoms with Gasteiger partial charge in [0.2, 0.25) is 0 Å². The lowest BCUT2D eigenvalue weighted by molar-refractivity contribution is -0.890. The molecule has 0 spiro atoms. The Labute approximate surface area is 173 Å². The Hall–Kier alpha value is -1.14. The Morgan fingerprint density at radius 3 is 1.11 bits per heavy atom. The lowest BCUT2D eigenvalue weighted by atomic mass is 10.1. The summed E-state index contributed by atoms with van der Waals surface area (Å²) in [6.07, 6.45) is 10.3. The molecule has 0 aromatic carbocycles. The van der Waals surface area contributed by atoms with Crippen LogP contribution in [0, 0.1) is 0 Å². The van der Waals surface area contributed by atoms with Crippen molar-refractivity contribution in [3.05, 3.63) is 0 Å². The maximum Gasteiger partial charge on any atom is 0.302 e. The number of hydrogen-bond acceptors (Lipinski definition) is 4. The van der Waals surface area contributed by atoms with Gasteiger partial charge in [-0.15, -0.1) is 0 Å². The van der Waals surface area contributed by atoms with Crippen molar-refractivity contribution in [3.63, 3.8) is 0 Å². The van der Waals surface area contributed by atoms with Crippen molar-refractivity contribution in [1.82, 2.24) is 0 Å². The van der Waals surface area contributed by atoms with E-state index in [9.17, 15) is 9.59 Å². The summed E-state index contributed by atoms with van der Waals surface area (Å²) in [7, 11) is 8.82. The lowest BCUT2D eigenvalue weighted by Crippen LogP contribution is -2.43. The SMILES string of the molecule is CC(=O)OCC[N+](C)(C)CCCCCCCCCC[N+](C)(C)CCOC(C)=O. The van der Waals surface area contributed by atoms with Crippen molar-refractivity contribution in [1.29, 1.82) is 0 Å². The number of nitrogens with zero attached hydrogens (tertiary/aromatic N) is 2. The average molecular weight is 403 g/mol. The summed E-state index contributed by atoms with van der Waals surface area (Å²) in [5.74, 6) is -0.381. The molecule has 0 atom stereocenters. The molecule has 0 aliphatic heterocycles. The highest BCUT2D eigenvalue weighted by molar-refractivity contribution is 5.66. The van der Waals surface area contributed by atoms with Gasteiger partial charge >= 0.3 is 11.9 Å². The molecule has 0 amide bonds. The van der Waals surface area contributed by atoms with Crippen LogP contribution >= 0.6 is 0 Å². The number of carbonyl (C=O) groups excluding carboxylic acids is 2. The highest BCUT2D eigenvalue weighted by Gasteiger charge is 2.15. The number of esters is 2. The predicted molar refractivity (Wildman–Crippen MR) is 114 cm³/mol. The molecule has 0 saturated carbocycles. The van der Waals surface area contributed by atoms with Crippen molar-refractivity contribution in [2.24, 2.45) is 0 Å². The Morgan fingerprint density at radius 2 is 0.821 bits per heavy atom. The van der Waals surface area contributed by atoms with Crippen molar-refractivity contribution in [2.75, 3.05) is 67.6 Å². The van der Waals surface area contributed by atoms with E-state index >= 15 is 0 Å². The second-order valence-electron chi connectivity index (χ2n) is 9.27. The number of rotatable bonds is 17. The van der Waals surface area contributed by atoms with E-state index in [0.717, 1.165) is 35.1 Å². The average Bonchev–Trinajstić information content (AvgIpc) is 2.55. The van der Waals surface area contributed by atoms with Gasteiger partial charge in [-0.3, -0.25) is 9.59 Å². The quantitative estimate of drug-likeness (QED) is 0.213. The van der Waals surface area contributed by atoms with Crippen LogP contribution in [0.25, 0.3) is 0 Å². The van der Waals surface area contributed by atoms with Crippen LogP contribution < -0.4 is 0 Å². The van der Waals surface area contributed by atoms with Crippen LogP contribution in [0.5, 0.6) is 0 Å². The van der Waals surface area contributed by atoms with Gasteiger partial charge in [-0.25, -0.2) is 0 Å². The molecule has 0 aliphatic rings. The monoisotopic (exact) mass is 402 g/mol. The topological polar surface area (TPSA) is 52.6 Å². The zero-order valence-electron chi connectivity index (χ0n) is 19.4. The van der Waals surface area contributed by atoms with Gasteiger partial charge in [-0.05, 0) is 25.7 Å². The Bertz CT molecular complexity index is 396. The molecule has 0 aliphatic carbocycles. The summed E-state index contributed by atoms with van der Waals surface area (Å²) in [5.41, 5.74) is 0. The third kappa shape index (κ3) is 18.2. The van der Waals surface area contributed by atoms with Crippen molar-refractivity contribution in [2.45, 2.75) is 65.2 Å². The van der Waals surface area contributed by atoms with E-state index in [1.54, 1.807) is 0 Å². The van der Waals surface area contributed by atoms with Gasteiger partial charge in [0.15, 0.2) is 0 Å². The largest absolute Gasteiger partial charge is 0.460 e. The van der Waals surface area contributed by atoms with Gasteiger partial charge in [0, 0.05) is 13.8 Å². The molecule has 0 rings (SSSR count). The maximum atomic E-state index is 10.8. The molecule has 28 heavy (non-hydrogen) atoms. The first-order valence-corrected chi connectivity index (χ1v) is 10.9. The third-order valence-electron chi connectivity index (χ3n) is 5.28. The predicted octanol–water partition coefficient (Wildman–Crippen LogP) is 3.39. The number of likely N-dealkylation sites (N-methyl/N-ethyl adjacent to an activating group) is 2. The molecular weight excluding hydrogens is 356 g/mol. The van der Waals surface area contributed by atoms with Crippen LogP contribution in [-0.2, 0) is 19.1 Å². The minimum atomic E-state index is -0.190. The van der Waals surface area contributed by atoms with Gasteiger partial charge in [0.05, 0.1) is 41.3 Å². The van der Waals surface area contributed by atoms with Crippen LogP contribution in [0.4, 0.5) is 0 Å². The number of hydrogen-bond donors (Lipinski definition) is 0. The number of unbranched alkanes of at least 4 members (excludes halogenated alkanes) is 7. The molecule has 0 saturated heterocycles. The van der Waals surface area contributed by atoms with Crippen molar-refractivity contribution in [3.8, 4) is 0 Å². The smallest absolute Gasteiger partial charge is 0.302 e. The number of ether oxygens (including phenoxy) is 2. The fourth-order valence-electron chi connectivity index (χ4n) is 3.24. The molecule has 6 heteroatoms. The van der Waals surface area contributed by atoms with Gasteiger partial charge < -0.3 is 18.4 Å². The van der Waals surface area contributed by atoms with Gasteiger partial charge in [0.1, 0.15) is 26.3 Å². The van der Waals surface area contributed by atoms with E-state index in [1.807, 2.05) is 0 Å². The molecule has 0 aromatic heterocycles. The Balaban J connectivity index is 3.52. The summed E-state index contributed by atoms with van der Waals surface area (Å²) in [5, 5.41) is 0. The summed E-state index contributed by atoms with van der Waals surface area (Å²) in [6.45, 7) is 8.01. The van der Waals surface area contributed by atoms with Crippen LogP contribution in [0.15, 0.2) is 0 Å². The minimum Gasteiger partial charge on any atom is -0.460 e. The summed E-state index contributed by atoms with van der Waals surface area (Å²) >= 11 is 0. The van der Waals surface area contributed by atoms with Crippen LogP contribution in [0.2, 0.25) is 0 Å². The number of carbonyl (C=O) groups is 2. The summed E-state index contributed by atoms with van der Waals surface area (Å²) in [4.78, 5) is 21.6. The van der Waals surface area contributed by atoms with E-state index < -0.39 is 0 Å². The van der Waals surface area contributed by atoms with E-state index in [-0.39, 0.29) is 11.9 Å². The Morgan fingerprint density at radius 1 is 0.536 bits per heavy atom. The molecule has 0 radical (unpaired) electrons. The highest BCUT2D eigenvalue weighted by atomic mass is 16.5. The van der Waals surface area contributed by atoms with Crippen LogP contribution in [0.3, 0.4) is 0 Å². The molecule has 0 unspecified atom stereocenters. The first-order chi connectivity index (χ1) is 13.0. The fourth-order valence-corrected chi connectivity index (χ4v) is 3.24. The van der Waals surface area contributed by atoms with Gasteiger partial charge in [-0.1, -0.05) is 25.7 Å². The maximum absolute atomic E-state index is 10.8. The van der Waals surface area contributed by atoms with Crippen LogP contribution in [0.1, 0.15) is 65.2 Å². The van der Waals surface area contributed by atoms with E-state index in [4.69, 9.17) is 9.47 Å². The Kier molecular flexibility index (Phi) is 14.2. The van der Waals surface area contributed by atoms with E-state index in [1.165, 1.54) is 65.2 Å². The minimum absolute atomic E-state index is 0.190. The number of quaternary nitrogens is 2. The molecule has 166 valence electrons. The molecule has 0 aromatic rings. The lowest BCUT2D eigenvalue weighted by Gasteiger charge is -2.29. The second-order valence-corrected chi connectivity index (χ2v) is 9.27. The fraction of sp³-hybridized carbons (Fsp3) is 0.909. The van der Waals surface area contributed by atoms with Gasteiger partial charge in [0.25, 0.3) is 0 Å². The molecule has 0 bridgehead atoms. The molecule has 0 fully saturated rings. The molecular formula is C22H46N2O4+2. The normalized spacial score (nSPS) is 12.1. The van der Waals surface area contributed by atoms with Crippen LogP contribution in [-0.4, -0.2) is 88.5 Å². The molecule has 0 heterocycles. The van der Waals surface area contributed by atoms with Crippen molar-refractivity contribution < 1.29 is 28.0 Å². The highest BCUT2D eigenvalue weighted by Crippen LogP contribution is 2.11. The standard InChI is InChI=1S/C22H46N2O4/c1-21(25)27-19-17-23(3,4)15-13-11-9-7-8-10-12-14-16-24(5,6)18-20-28-22(2)26/h7-20H2,1-6H3/q+2. The zero-order valence-corrected chi connectivity index (χ0v) is 19.4. The van der Waals surface area contributed by atoms with E-state index in [2.05, 4.69) is 28.2 Å². The summed E-state index contributed by atoms with van der Waals surface area (Å²) in [6, 6.07) is 0.